The van der Waals surface area contributed by atoms with Crippen molar-refractivity contribution >= 4 is 17.0 Å². The van der Waals surface area contributed by atoms with Gasteiger partial charge in [-0.2, -0.15) is 0 Å². The van der Waals surface area contributed by atoms with E-state index in [9.17, 15) is 9.18 Å². The van der Waals surface area contributed by atoms with Crippen LogP contribution in [0, 0.1) is 12.7 Å². The number of nitrogens with one attached hydrogen (secondary N) is 1. The predicted octanol–water partition coefficient (Wildman–Crippen LogP) is 3.86. The minimum absolute atomic E-state index is 0.195. The first-order chi connectivity index (χ1) is 12.6. The monoisotopic (exact) mass is 351 g/mol. The zero-order valence-electron chi connectivity index (χ0n) is 13.8. The second-order valence-corrected chi connectivity index (χ2v) is 5.79. The molecule has 0 saturated carbocycles. The number of benzene rings is 1. The van der Waals surface area contributed by atoms with Crippen LogP contribution in [0.1, 0.15) is 21.6 Å². The fraction of sp³-hybridized carbons (Fsp3) is 0.105. The topological polar surface area (TPSA) is 81.2 Å². The Morgan fingerprint density at radius 1 is 1.23 bits per heavy atom. The zero-order chi connectivity index (χ0) is 18.1. The highest BCUT2D eigenvalue weighted by Crippen LogP contribution is 2.27. The summed E-state index contributed by atoms with van der Waals surface area (Å²) >= 11 is 0. The molecule has 0 saturated heterocycles. The molecule has 3 heterocycles. The molecule has 0 aliphatic carbocycles. The van der Waals surface area contributed by atoms with Gasteiger partial charge in [0.2, 0.25) is 0 Å². The van der Waals surface area contributed by atoms with E-state index in [0.717, 1.165) is 0 Å². The summed E-state index contributed by atoms with van der Waals surface area (Å²) in [4.78, 5) is 17.1. The largest absolute Gasteiger partial charge is 0.463 e. The second kappa shape index (κ2) is 6.44. The molecule has 26 heavy (non-hydrogen) atoms. The van der Waals surface area contributed by atoms with E-state index in [1.165, 1.54) is 18.4 Å². The number of hydrogen-bond acceptors (Lipinski definition) is 5. The Morgan fingerprint density at radius 2 is 2.12 bits per heavy atom. The Balaban J connectivity index is 1.69. The summed E-state index contributed by atoms with van der Waals surface area (Å²) in [5.74, 6) is -0.168. The van der Waals surface area contributed by atoms with Crippen molar-refractivity contribution in [3.63, 3.8) is 0 Å². The maximum Gasteiger partial charge on any atom is 0.259 e. The molecule has 4 aromatic rings. The van der Waals surface area contributed by atoms with Crippen molar-refractivity contribution in [3.05, 3.63) is 71.4 Å². The Hall–Kier alpha value is -3.48. The highest BCUT2D eigenvalue weighted by molar-refractivity contribution is 6.06. The molecule has 0 aliphatic rings. The van der Waals surface area contributed by atoms with Crippen LogP contribution >= 0.6 is 0 Å². The lowest BCUT2D eigenvalue weighted by Gasteiger charge is -2.08. The summed E-state index contributed by atoms with van der Waals surface area (Å²) in [6.45, 7) is 1.93. The quantitative estimate of drug-likeness (QED) is 0.604. The van der Waals surface area contributed by atoms with E-state index in [4.69, 9.17) is 8.94 Å². The van der Waals surface area contributed by atoms with E-state index in [2.05, 4.69) is 15.5 Å². The number of halogens is 1. The molecule has 1 N–H and O–H groups in total. The normalized spacial score (nSPS) is 11.0. The van der Waals surface area contributed by atoms with Crippen LogP contribution in [0.2, 0.25) is 0 Å². The SMILES string of the molecule is Cc1noc2nc(-c3ccco3)cc(C(=O)NCc3cccc(F)c3)c12. The minimum Gasteiger partial charge on any atom is -0.463 e. The van der Waals surface area contributed by atoms with Gasteiger partial charge in [0.25, 0.3) is 11.6 Å². The third kappa shape index (κ3) is 2.95. The number of amides is 1. The van der Waals surface area contributed by atoms with E-state index in [1.54, 1.807) is 37.3 Å². The molecule has 1 aromatic carbocycles. The molecule has 6 nitrogen and oxygen atoms in total. The van der Waals surface area contributed by atoms with Crippen molar-refractivity contribution in [3.8, 4) is 11.5 Å². The molecule has 0 unspecified atom stereocenters. The highest BCUT2D eigenvalue weighted by Gasteiger charge is 2.20. The number of carbonyl (C=O) groups excluding carboxylic acids is 1. The maximum atomic E-state index is 13.3. The standard InChI is InChI=1S/C19H14FN3O3/c1-11-17-14(18(24)21-10-12-4-2-5-13(20)8-12)9-15(16-6-3-7-25-16)22-19(17)26-23-11/h2-9H,10H2,1H3,(H,21,24). The number of pyridine rings is 1. The molecule has 0 fully saturated rings. The first-order valence-corrected chi connectivity index (χ1v) is 7.95. The van der Waals surface area contributed by atoms with Crippen LogP contribution in [0.15, 0.2) is 57.7 Å². The van der Waals surface area contributed by atoms with Crippen molar-refractivity contribution in [2.45, 2.75) is 13.5 Å². The fourth-order valence-electron chi connectivity index (χ4n) is 2.75. The third-order valence-electron chi connectivity index (χ3n) is 3.98. The first-order valence-electron chi connectivity index (χ1n) is 7.95. The molecule has 1 amide bonds. The van der Waals surface area contributed by atoms with Crippen molar-refractivity contribution in [2.24, 2.45) is 0 Å². The molecule has 0 spiro atoms. The number of nitrogens with zero attached hydrogens (tertiary/aromatic N) is 2. The van der Waals surface area contributed by atoms with E-state index >= 15 is 0 Å². The molecule has 0 atom stereocenters. The molecule has 3 aromatic heterocycles. The van der Waals surface area contributed by atoms with Gasteiger partial charge in [0.05, 0.1) is 22.9 Å². The second-order valence-electron chi connectivity index (χ2n) is 5.79. The van der Waals surface area contributed by atoms with Gasteiger partial charge >= 0.3 is 0 Å². The number of fused-ring (bicyclic) bond motifs is 1. The van der Waals surface area contributed by atoms with Crippen LogP contribution in [0.5, 0.6) is 0 Å². The Labute approximate surface area is 147 Å². The van der Waals surface area contributed by atoms with Crippen LogP contribution in [0.3, 0.4) is 0 Å². The molecule has 130 valence electrons. The van der Waals surface area contributed by atoms with Crippen molar-refractivity contribution in [1.29, 1.82) is 0 Å². The van der Waals surface area contributed by atoms with Crippen LogP contribution in [0.4, 0.5) is 4.39 Å². The van der Waals surface area contributed by atoms with Gasteiger partial charge in [0, 0.05) is 6.54 Å². The van der Waals surface area contributed by atoms with Crippen LogP contribution < -0.4 is 5.32 Å². The molecule has 4 rings (SSSR count). The van der Waals surface area contributed by atoms with Crippen LogP contribution in [-0.4, -0.2) is 16.0 Å². The molecule has 0 bridgehead atoms. The van der Waals surface area contributed by atoms with Crippen LogP contribution in [0.25, 0.3) is 22.6 Å². The van der Waals surface area contributed by atoms with E-state index < -0.39 is 0 Å². The van der Waals surface area contributed by atoms with Crippen molar-refractivity contribution in [2.75, 3.05) is 0 Å². The van der Waals surface area contributed by atoms with Crippen molar-refractivity contribution < 1.29 is 18.1 Å². The van der Waals surface area contributed by atoms with Gasteiger partial charge in [-0.3, -0.25) is 4.79 Å². The van der Waals surface area contributed by atoms with Gasteiger partial charge in [-0.05, 0) is 42.8 Å². The van der Waals surface area contributed by atoms with Gasteiger partial charge in [0.1, 0.15) is 11.5 Å². The third-order valence-corrected chi connectivity index (χ3v) is 3.98. The Bertz CT molecular complexity index is 1090. The summed E-state index contributed by atoms with van der Waals surface area (Å²) in [7, 11) is 0. The number of carbonyl (C=O) groups is 1. The number of furan rings is 1. The summed E-state index contributed by atoms with van der Waals surface area (Å²) in [5, 5.41) is 7.22. The first kappa shape index (κ1) is 16.0. The average Bonchev–Trinajstić information content (AvgIpc) is 3.29. The maximum absolute atomic E-state index is 13.3. The van der Waals surface area contributed by atoms with Crippen LogP contribution in [-0.2, 0) is 6.54 Å². The van der Waals surface area contributed by atoms with E-state index in [0.29, 0.717) is 33.7 Å². The molecule has 0 aliphatic heterocycles. The summed E-state index contributed by atoms with van der Waals surface area (Å²) in [5.41, 5.74) is 2.32. The van der Waals surface area contributed by atoms with E-state index in [1.807, 2.05) is 0 Å². The zero-order valence-corrected chi connectivity index (χ0v) is 13.8. The summed E-state index contributed by atoms with van der Waals surface area (Å²) < 4.78 is 23.9. The van der Waals surface area contributed by atoms with Gasteiger partial charge in [-0.25, -0.2) is 9.37 Å². The number of aromatic nitrogens is 2. The van der Waals surface area contributed by atoms with Crippen molar-refractivity contribution in [1.82, 2.24) is 15.5 Å². The number of aryl methyl sites for hydroxylation is 1. The minimum atomic E-state index is -0.349. The summed E-state index contributed by atoms with van der Waals surface area (Å²) in [6, 6.07) is 11.2. The van der Waals surface area contributed by atoms with Gasteiger partial charge in [0.15, 0.2) is 5.76 Å². The van der Waals surface area contributed by atoms with E-state index in [-0.39, 0.29) is 24.0 Å². The number of rotatable bonds is 4. The fourth-order valence-corrected chi connectivity index (χ4v) is 2.75. The lowest BCUT2D eigenvalue weighted by atomic mass is 10.1. The molecular weight excluding hydrogens is 337 g/mol. The average molecular weight is 351 g/mol. The Morgan fingerprint density at radius 3 is 2.88 bits per heavy atom. The lowest BCUT2D eigenvalue weighted by Crippen LogP contribution is -2.23. The Kier molecular flexibility index (Phi) is 3.96. The van der Waals surface area contributed by atoms with Gasteiger partial charge in [-0.1, -0.05) is 17.3 Å². The predicted molar refractivity (Wildman–Crippen MR) is 91.8 cm³/mol. The van der Waals surface area contributed by atoms with Gasteiger partial charge in [-0.15, -0.1) is 0 Å². The molecule has 7 heteroatoms. The number of hydrogen-bond donors (Lipinski definition) is 1. The highest BCUT2D eigenvalue weighted by atomic mass is 19.1. The summed E-state index contributed by atoms with van der Waals surface area (Å²) in [6.07, 6.45) is 1.52. The smallest absolute Gasteiger partial charge is 0.259 e. The van der Waals surface area contributed by atoms with Gasteiger partial charge < -0.3 is 14.3 Å². The molecule has 0 radical (unpaired) electrons. The molecular formula is C19H14FN3O3. The lowest BCUT2D eigenvalue weighted by molar-refractivity contribution is 0.0952.